The zero-order valence-electron chi connectivity index (χ0n) is 13.3. The normalized spacial score (nSPS) is 24.9. The third kappa shape index (κ3) is 3.83. The summed E-state index contributed by atoms with van der Waals surface area (Å²) in [7, 11) is 2.13. The minimum Gasteiger partial charge on any atom is -0.339 e. The predicted octanol–water partition coefficient (Wildman–Crippen LogP) is 1.35. The van der Waals surface area contributed by atoms with Crippen molar-refractivity contribution in [2.45, 2.75) is 32.4 Å². The highest BCUT2D eigenvalue weighted by Gasteiger charge is 2.32. The first-order valence-electron chi connectivity index (χ1n) is 7.77. The molecule has 1 aromatic carbocycles. The number of hydrogen-bond donors (Lipinski definition) is 1. The molecule has 2 N–H and O–H groups in total. The molecule has 0 aliphatic carbocycles. The summed E-state index contributed by atoms with van der Waals surface area (Å²) in [5, 5.41) is 0. The van der Waals surface area contributed by atoms with Crippen LogP contribution in [0, 0.1) is 5.92 Å². The highest BCUT2D eigenvalue weighted by atomic mass is 16.2. The fourth-order valence-electron chi connectivity index (χ4n) is 3.01. The maximum absolute atomic E-state index is 12.8. The average Bonchev–Trinajstić information content (AvgIpc) is 2.50. The second-order valence-electron chi connectivity index (χ2n) is 6.23. The fraction of sp³-hybridized carbons (Fsp3) is 0.588. The molecule has 4 nitrogen and oxygen atoms in total. The number of carbonyl (C=O) groups is 1. The van der Waals surface area contributed by atoms with Gasteiger partial charge in [-0.1, -0.05) is 30.3 Å². The average molecular weight is 289 g/mol. The first-order valence-corrected chi connectivity index (χ1v) is 7.77. The molecule has 0 radical (unpaired) electrons. The van der Waals surface area contributed by atoms with Crippen LogP contribution in [-0.2, 0) is 11.2 Å². The summed E-state index contributed by atoms with van der Waals surface area (Å²) in [5.74, 6) is 0.0864. The molecule has 1 amide bonds. The minimum absolute atomic E-state index is 0.116. The zero-order valence-corrected chi connectivity index (χ0v) is 13.3. The molecular weight excluding hydrogens is 262 g/mol. The molecule has 0 saturated carbocycles. The SMILES string of the molecule is CC1CN(C(=O)C(CN)Cc2ccccc2)CC(C)N1C. The number of piperazine rings is 1. The van der Waals surface area contributed by atoms with E-state index in [9.17, 15) is 4.79 Å². The summed E-state index contributed by atoms with van der Waals surface area (Å²) in [6, 6.07) is 10.9. The van der Waals surface area contributed by atoms with Crippen molar-refractivity contribution in [3.05, 3.63) is 35.9 Å². The number of amides is 1. The monoisotopic (exact) mass is 289 g/mol. The topological polar surface area (TPSA) is 49.6 Å². The smallest absolute Gasteiger partial charge is 0.227 e. The maximum atomic E-state index is 12.8. The number of hydrogen-bond acceptors (Lipinski definition) is 3. The van der Waals surface area contributed by atoms with Crippen LogP contribution < -0.4 is 5.73 Å². The Morgan fingerprint density at radius 1 is 1.24 bits per heavy atom. The summed E-state index contributed by atoms with van der Waals surface area (Å²) in [5.41, 5.74) is 7.04. The van der Waals surface area contributed by atoms with Crippen molar-refractivity contribution in [3.63, 3.8) is 0 Å². The number of rotatable bonds is 4. The van der Waals surface area contributed by atoms with Gasteiger partial charge in [0.2, 0.25) is 5.91 Å². The number of likely N-dealkylation sites (N-methyl/N-ethyl adjacent to an activating group) is 1. The first kappa shape index (κ1) is 16.0. The van der Waals surface area contributed by atoms with Gasteiger partial charge in [0.05, 0.1) is 5.92 Å². The Hall–Kier alpha value is -1.39. The lowest BCUT2D eigenvalue weighted by Gasteiger charge is -2.43. The van der Waals surface area contributed by atoms with Crippen LogP contribution in [0.15, 0.2) is 30.3 Å². The molecule has 3 atom stereocenters. The van der Waals surface area contributed by atoms with Gasteiger partial charge in [-0.3, -0.25) is 9.69 Å². The Morgan fingerprint density at radius 2 is 1.81 bits per heavy atom. The van der Waals surface area contributed by atoms with Crippen molar-refractivity contribution in [3.8, 4) is 0 Å². The van der Waals surface area contributed by atoms with E-state index in [1.54, 1.807) is 0 Å². The molecule has 1 aliphatic rings. The van der Waals surface area contributed by atoms with Crippen LogP contribution in [0.1, 0.15) is 19.4 Å². The largest absolute Gasteiger partial charge is 0.339 e. The van der Waals surface area contributed by atoms with Crippen LogP contribution in [0.4, 0.5) is 0 Å². The van der Waals surface area contributed by atoms with E-state index in [0.717, 1.165) is 19.5 Å². The molecule has 1 saturated heterocycles. The van der Waals surface area contributed by atoms with E-state index in [2.05, 4.69) is 37.9 Å². The lowest BCUT2D eigenvalue weighted by Crippen LogP contribution is -2.58. The van der Waals surface area contributed by atoms with E-state index in [-0.39, 0.29) is 11.8 Å². The van der Waals surface area contributed by atoms with Crippen LogP contribution in [0.2, 0.25) is 0 Å². The molecule has 0 aromatic heterocycles. The predicted molar refractivity (Wildman–Crippen MR) is 86.0 cm³/mol. The van der Waals surface area contributed by atoms with Crippen molar-refractivity contribution >= 4 is 5.91 Å². The Bertz CT molecular complexity index is 450. The van der Waals surface area contributed by atoms with Gasteiger partial charge in [-0.05, 0) is 32.9 Å². The van der Waals surface area contributed by atoms with Crippen LogP contribution in [0.3, 0.4) is 0 Å². The molecule has 0 bridgehead atoms. The molecule has 1 aromatic rings. The molecule has 116 valence electrons. The number of nitrogens with zero attached hydrogens (tertiary/aromatic N) is 2. The van der Waals surface area contributed by atoms with Gasteiger partial charge >= 0.3 is 0 Å². The molecule has 1 aliphatic heterocycles. The van der Waals surface area contributed by atoms with E-state index in [0.29, 0.717) is 18.6 Å². The first-order chi connectivity index (χ1) is 10.0. The summed E-state index contributed by atoms with van der Waals surface area (Å²) in [4.78, 5) is 17.1. The van der Waals surface area contributed by atoms with Gasteiger partial charge in [-0.15, -0.1) is 0 Å². The second-order valence-corrected chi connectivity index (χ2v) is 6.23. The quantitative estimate of drug-likeness (QED) is 0.910. The van der Waals surface area contributed by atoms with Gasteiger partial charge in [0, 0.05) is 31.7 Å². The molecular formula is C17H27N3O. The summed E-state index contributed by atoms with van der Waals surface area (Å²) in [6.45, 7) is 6.34. The van der Waals surface area contributed by atoms with Gasteiger partial charge in [-0.2, -0.15) is 0 Å². The molecule has 1 fully saturated rings. The van der Waals surface area contributed by atoms with Crippen molar-refractivity contribution in [2.24, 2.45) is 11.7 Å². The van der Waals surface area contributed by atoms with Gasteiger partial charge in [0.1, 0.15) is 0 Å². The Kier molecular flexibility index (Phi) is 5.37. The third-order valence-electron chi connectivity index (χ3n) is 4.63. The molecule has 1 heterocycles. The number of benzene rings is 1. The van der Waals surface area contributed by atoms with E-state index < -0.39 is 0 Å². The molecule has 3 unspecified atom stereocenters. The van der Waals surface area contributed by atoms with Crippen molar-refractivity contribution < 1.29 is 4.79 Å². The van der Waals surface area contributed by atoms with Crippen LogP contribution in [0.5, 0.6) is 0 Å². The van der Waals surface area contributed by atoms with Gasteiger partial charge in [0.15, 0.2) is 0 Å². The summed E-state index contributed by atoms with van der Waals surface area (Å²) in [6.07, 6.45) is 0.727. The highest BCUT2D eigenvalue weighted by molar-refractivity contribution is 5.79. The molecule has 0 spiro atoms. The van der Waals surface area contributed by atoms with Crippen LogP contribution >= 0.6 is 0 Å². The maximum Gasteiger partial charge on any atom is 0.227 e. The van der Waals surface area contributed by atoms with Crippen LogP contribution in [0.25, 0.3) is 0 Å². The molecule has 21 heavy (non-hydrogen) atoms. The van der Waals surface area contributed by atoms with E-state index >= 15 is 0 Å². The van der Waals surface area contributed by atoms with Gasteiger partial charge in [0.25, 0.3) is 0 Å². The lowest BCUT2D eigenvalue weighted by atomic mass is 9.96. The van der Waals surface area contributed by atoms with Crippen molar-refractivity contribution in [1.82, 2.24) is 9.80 Å². The molecule has 2 rings (SSSR count). The Labute approximate surface area is 127 Å². The Morgan fingerprint density at radius 3 is 2.33 bits per heavy atom. The standard InChI is InChI=1S/C17H27N3O/c1-13-11-20(12-14(2)19(13)3)17(21)16(10-18)9-15-7-5-4-6-8-15/h4-8,13-14,16H,9-12,18H2,1-3H3. The highest BCUT2D eigenvalue weighted by Crippen LogP contribution is 2.17. The minimum atomic E-state index is -0.116. The van der Waals surface area contributed by atoms with E-state index in [1.807, 2.05) is 23.1 Å². The lowest BCUT2D eigenvalue weighted by molar-refractivity contribution is -0.139. The van der Waals surface area contributed by atoms with E-state index in [1.165, 1.54) is 5.56 Å². The van der Waals surface area contributed by atoms with Gasteiger partial charge in [-0.25, -0.2) is 0 Å². The third-order valence-corrected chi connectivity index (χ3v) is 4.63. The summed E-state index contributed by atoms with van der Waals surface area (Å²) < 4.78 is 0. The number of nitrogens with two attached hydrogens (primary N) is 1. The van der Waals surface area contributed by atoms with Crippen molar-refractivity contribution in [2.75, 3.05) is 26.7 Å². The van der Waals surface area contributed by atoms with Crippen molar-refractivity contribution in [1.29, 1.82) is 0 Å². The van der Waals surface area contributed by atoms with Crippen LogP contribution in [-0.4, -0.2) is 54.5 Å². The van der Waals surface area contributed by atoms with Gasteiger partial charge < -0.3 is 10.6 Å². The summed E-state index contributed by atoms with van der Waals surface area (Å²) >= 11 is 0. The van der Waals surface area contributed by atoms with E-state index in [4.69, 9.17) is 5.73 Å². The Balaban J connectivity index is 2.03. The second kappa shape index (κ2) is 7.05. The number of carbonyl (C=O) groups excluding carboxylic acids is 1. The molecule has 4 heteroatoms. The fourth-order valence-corrected chi connectivity index (χ4v) is 3.01. The zero-order chi connectivity index (χ0) is 15.4.